The Hall–Kier alpha value is -9.39. The van der Waals surface area contributed by atoms with Gasteiger partial charge in [0, 0.05) is 30.8 Å². The highest BCUT2D eigenvalue weighted by Crippen LogP contribution is 2.37. The van der Waals surface area contributed by atoms with E-state index in [1.165, 1.54) is 53.7 Å². The van der Waals surface area contributed by atoms with E-state index in [9.17, 15) is 46.3 Å². The fourth-order valence-corrected chi connectivity index (χ4v) is 10.8. The molecule has 0 aliphatic heterocycles. The molecule has 11 rings (SSSR count). The van der Waals surface area contributed by atoms with Crippen LogP contribution in [0.5, 0.6) is 0 Å². The molecule has 0 spiro atoms. The Morgan fingerprint density at radius 1 is 0.566 bits per heavy atom. The van der Waals surface area contributed by atoms with Crippen LogP contribution in [0, 0.1) is 40.7 Å². The number of nitrogens with zero attached hydrogens (tertiary/aromatic N) is 6. The first-order valence-electron chi connectivity index (χ1n) is 25.9. The second-order valence-electron chi connectivity index (χ2n) is 19.5. The second-order valence-corrected chi connectivity index (χ2v) is 20.7. The van der Waals surface area contributed by atoms with E-state index in [0.29, 0.717) is 68.4 Å². The van der Waals surface area contributed by atoms with Crippen LogP contribution in [0.1, 0.15) is 132 Å². The Labute approximate surface area is 484 Å². The number of benzene rings is 5. The maximum atomic E-state index is 13.8. The molecule has 23 heteroatoms. The molecule has 0 saturated carbocycles. The van der Waals surface area contributed by atoms with E-state index in [1.54, 1.807) is 18.3 Å². The lowest BCUT2D eigenvalue weighted by molar-refractivity contribution is 0.0591. The van der Waals surface area contributed by atoms with Crippen molar-refractivity contribution in [3.05, 3.63) is 221 Å². The fraction of sp³-hybridized carbons (Fsp3) is 0.200. The predicted molar refractivity (Wildman–Crippen MR) is 301 cm³/mol. The number of esters is 2. The van der Waals surface area contributed by atoms with Gasteiger partial charge in [-0.2, -0.15) is 10.2 Å². The number of amides is 4. The Morgan fingerprint density at radius 2 is 1.02 bits per heavy atom. The van der Waals surface area contributed by atoms with Gasteiger partial charge in [-0.15, -0.1) is 0 Å². The molecule has 9 aromatic rings. The largest absolute Gasteiger partial charge is 0.465 e. The van der Waals surface area contributed by atoms with Gasteiger partial charge in [-0.1, -0.05) is 54.6 Å². The summed E-state index contributed by atoms with van der Waals surface area (Å²) >= 11 is 2.01. The predicted octanol–water partition coefficient (Wildman–Crippen LogP) is 9.17. The van der Waals surface area contributed by atoms with E-state index in [-0.39, 0.29) is 47.9 Å². The second kappa shape index (κ2) is 24.0. The van der Waals surface area contributed by atoms with E-state index in [1.807, 2.05) is 78.9 Å². The summed E-state index contributed by atoms with van der Waals surface area (Å²) in [6.07, 6.45) is 5.72. The number of ether oxygens (including phenoxy) is 2. The summed E-state index contributed by atoms with van der Waals surface area (Å²) in [5.74, 6) is -6.95. The maximum absolute atomic E-state index is 13.8. The smallest absolute Gasteiger partial charge is 0.338 e. The molecule has 4 heterocycles. The van der Waals surface area contributed by atoms with Crippen molar-refractivity contribution in [3.63, 3.8) is 0 Å². The van der Waals surface area contributed by atoms with Gasteiger partial charge >= 0.3 is 11.9 Å². The van der Waals surface area contributed by atoms with Crippen LogP contribution >= 0.6 is 22.6 Å². The van der Waals surface area contributed by atoms with Crippen molar-refractivity contribution in [2.45, 2.75) is 64.7 Å². The highest BCUT2D eigenvalue weighted by atomic mass is 127. The van der Waals surface area contributed by atoms with Gasteiger partial charge in [-0.3, -0.25) is 19.2 Å². The number of hydrogen-bond acceptors (Lipinski definition) is 12. The van der Waals surface area contributed by atoms with Crippen molar-refractivity contribution < 1.29 is 55.8 Å². The van der Waals surface area contributed by atoms with Crippen LogP contribution in [0.2, 0.25) is 0 Å². The molecular weight excluding hydrogens is 1190 g/mol. The van der Waals surface area contributed by atoms with E-state index in [2.05, 4.69) is 41.4 Å². The van der Waals surface area contributed by atoms with E-state index < -0.39 is 58.8 Å². The zero-order valence-corrected chi connectivity index (χ0v) is 46.9. The molecule has 0 radical (unpaired) electrons. The maximum Gasteiger partial charge on any atom is 0.338 e. The first-order valence-corrected chi connectivity index (χ1v) is 27.0. The number of fused-ring (bicyclic) bond motifs is 4. The lowest BCUT2D eigenvalue weighted by atomic mass is 9.98. The number of rotatable bonds is 13. The van der Waals surface area contributed by atoms with E-state index >= 15 is 0 Å². The Balaban J connectivity index is 0.000000187. The summed E-state index contributed by atoms with van der Waals surface area (Å²) < 4.78 is 66.9. The van der Waals surface area contributed by atoms with Crippen LogP contribution in [0.15, 0.2) is 116 Å². The monoisotopic (exact) mass is 1240 g/mol. The van der Waals surface area contributed by atoms with E-state index in [4.69, 9.17) is 9.47 Å². The van der Waals surface area contributed by atoms with Crippen molar-refractivity contribution in [2.75, 3.05) is 14.2 Å². The molecule has 4 aromatic heterocycles. The van der Waals surface area contributed by atoms with Gasteiger partial charge in [0.2, 0.25) is 0 Å². The summed E-state index contributed by atoms with van der Waals surface area (Å²) in [6.45, 7) is 3.58. The average molecular weight is 1240 g/mol. The third-order valence-electron chi connectivity index (χ3n) is 14.6. The number of nitrogens with one attached hydrogen (secondary N) is 4. The van der Waals surface area contributed by atoms with Gasteiger partial charge in [-0.25, -0.2) is 46.1 Å². The number of hydrogen-bond donors (Lipinski definition) is 4. The molecular formula is C60H49F4IN10O8. The molecule has 5 aromatic carbocycles. The van der Waals surface area contributed by atoms with Crippen LogP contribution < -0.4 is 21.3 Å². The molecule has 4 amide bonds. The first-order chi connectivity index (χ1) is 39.9. The number of aromatic nitrogens is 6. The van der Waals surface area contributed by atoms with Crippen LogP contribution in [0.25, 0.3) is 22.4 Å². The van der Waals surface area contributed by atoms with Gasteiger partial charge in [0.1, 0.15) is 22.8 Å². The molecule has 0 fully saturated rings. The third-order valence-corrected chi connectivity index (χ3v) is 15.4. The molecule has 18 nitrogen and oxygen atoms in total. The molecule has 2 atom stereocenters. The minimum absolute atomic E-state index is 0.0287. The Kier molecular flexibility index (Phi) is 16.4. The SMILES string of the molecule is COC(=O)c1ccc2c(c1C)CC[C@@H]2NC(=O)c1cc(C(=O)NCc2ccc(F)c(F)c2)nc2c(-c3ccccc3)cnn12.COC(=O)c1ccc2c(c1C)CC[C@@H]2NC(=O)c1cc(C(=O)NCc2ccc(F)c(F)c2)nc2c(I)cnn12. The topological polar surface area (TPSA) is 229 Å². The average Bonchev–Trinajstić information content (AvgIpc) is 4.04. The first kappa shape index (κ1) is 56.9. The van der Waals surface area contributed by atoms with Gasteiger partial charge in [0.25, 0.3) is 23.6 Å². The van der Waals surface area contributed by atoms with Crippen molar-refractivity contribution in [1.29, 1.82) is 0 Å². The Morgan fingerprint density at radius 3 is 1.49 bits per heavy atom. The number of methoxy groups -OCH3 is 2. The minimum Gasteiger partial charge on any atom is -0.465 e. The van der Waals surface area contributed by atoms with E-state index in [0.717, 1.165) is 63.2 Å². The molecule has 2 aliphatic carbocycles. The van der Waals surface area contributed by atoms with Crippen LogP contribution in [0.4, 0.5) is 17.6 Å². The van der Waals surface area contributed by atoms with Gasteiger partial charge in [-0.05, 0) is 149 Å². The molecule has 2 aliphatic rings. The lowest BCUT2D eigenvalue weighted by Gasteiger charge is -2.16. The lowest BCUT2D eigenvalue weighted by Crippen LogP contribution is -2.30. The molecule has 83 heavy (non-hydrogen) atoms. The van der Waals surface area contributed by atoms with Gasteiger partial charge in [0.15, 0.2) is 34.6 Å². The Bertz CT molecular complexity index is 4120. The number of carbonyl (C=O) groups excluding carboxylic acids is 6. The van der Waals surface area contributed by atoms with Crippen LogP contribution in [-0.4, -0.2) is 79.0 Å². The summed E-state index contributed by atoms with van der Waals surface area (Å²) in [5, 5.41) is 20.1. The highest BCUT2D eigenvalue weighted by Gasteiger charge is 2.32. The van der Waals surface area contributed by atoms with Crippen molar-refractivity contribution in [3.8, 4) is 11.1 Å². The molecule has 0 saturated heterocycles. The summed E-state index contributed by atoms with van der Waals surface area (Å²) in [4.78, 5) is 86.7. The molecule has 422 valence electrons. The number of carbonyl (C=O) groups is 6. The van der Waals surface area contributed by atoms with Crippen molar-refractivity contribution >= 4 is 69.5 Å². The van der Waals surface area contributed by atoms with Crippen molar-refractivity contribution in [2.24, 2.45) is 0 Å². The molecule has 0 unspecified atom stereocenters. The highest BCUT2D eigenvalue weighted by molar-refractivity contribution is 14.1. The van der Waals surface area contributed by atoms with Crippen molar-refractivity contribution in [1.82, 2.24) is 50.5 Å². The minimum atomic E-state index is -1.02. The zero-order chi connectivity index (χ0) is 58.8. The fourth-order valence-electron chi connectivity index (χ4n) is 10.3. The quantitative estimate of drug-likeness (QED) is 0.0481. The third kappa shape index (κ3) is 11.6. The summed E-state index contributed by atoms with van der Waals surface area (Å²) in [5.41, 5.74) is 9.30. The number of halogens is 5. The summed E-state index contributed by atoms with van der Waals surface area (Å²) in [6, 6.07) is 25.1. The zero-order valence-electron chi connectivity index (χ0n) is 44.7. The standard InChI is InChI=1S/C33H27F2N5O4.C27H22F2IN5O4/c1-18-21-11-13-27(23(21)10-9-22(18)33(43)44-2)39-32(42)29-15-28(31(41)36-16-19-8-12-25(34)26(35)14-19)38-30-24(17-37-40(29)30)20-6-4-3-5-7-20;1-13-15-6-8-21(17(15)5-4-16(13)27(38)39-2)34-26(37)23-10-22(33-24-20(30)12-32-35(23)24)25(36)31-11-14-3-7-18(28)19(29)9-14/h3-10,12,14-15,17,27H,11,13,16H2,1-2H3,(H,36,41)(H,39,42);3-5,7,9-10,12,21H,6,8,11H2,1-2H3,(H,31,36)(H,34,37)/t27-;21-/m00/s1. The van der Waals surface area contributed by atoms with Crippen LogP contribution in [-0.2, 0) is 35.4 Å². The molecule has 0 bridgehead atoms. The summed E-state index contributed by atoms with van der Waals surface area (Å²) in [7, 11) is 2.67. The molecule has 4 N–H and O–H groups in total. The van der Waals surface area contributed by atoms with Gasteiger partial charge in [0.05, 0.1) is 53.4 Å². The van der Waals surface area contributed by atoms with Crippen LogP contribution in [0.3, 0.4) is 0 Å². The normalized spacial score (nSPS) is 14.0. The van der Waals surface area contributed by atoms with Gasteiger partial charge < -0.3 is 30.7 Å².